The molecule has 3 nitrogen and oxygen atoms in total. The van der Waals surface area contributed by atoms with E-state index in [-0.39, 0.29) is 11.3 Å². The van der Waals surface area contributed by atoms with Crippen molar-refractivity contribution in [1.29, 1.82) is 0 Å². The molecule has 0 N–H and O–H groups in total. The van der Waals surface area contributed by atoms with Crippen LogP contribution in [0, 0.1) is 0 Å². The quantitative estimate of drug-likeness (QED) is 0.0947. The highest BCUT2D eigenvalue weighted by Crippen LogP contribution is 2.67. The fourth-order valence-electron chi connectivity index (χ4n) is 3.35. The van der Waals surface area contributed by atoms with Gasteiger partial charge >= 0.3 is 77.5 Å². The lowest BCUT2D eigenvalue weighted by atomic mass is 9.85. The molecule has 0 unspecified atom stereocenters. The van der Waals surface area contributed by atoms with Crippen molar-refractivity contribution < 1.29 is 124 Å². The zero-order valence-corrected chi connectivity index (χ0v) is 24.1. The van der Waals surface area contributed by atoms with E-state index < -0.39 is 96.4 Å². The van der Waals surface area contributed by atoms with Gasteiger partial charge in [-0.1, -0.05) is 12.1 Å². The molecule has 0 aliphatic carbocycles. The zero-order valence-electron chi connectivity index (χ0n) is 24.1. The van der Waals surface area contributed by atoms with E-state index in [1.807, 2.05) is 0 Å². The second-order valence-electron chi connectivity index (χ2n) is 10.0. The Bertz CT molecular complexity index is 1440. The maximum Gasteiger partial charge on any atom is 0.473 e. The average molecular weight is 824 g/mol. The summed E-state index contributed by atoms with van der Waals surface area (Å²) in [5.74, 6) is -92.8. The van der Waals surface area contributed by atoms with Crippen LogP contribution in [0.5, 0.6) is 5.75 Å². The lowest BCUT2D eigenvalue weighted by Crippen LogP contribution is -2.77. The molecule has 0 fully saturated rings. The first-order valence-electron chi connectivity index (χ1n) is 12.4. The predicted octanol–water partition coefficient (Wildman–Crippen LogP) is 10.5. The van der Waals surface area contributed by atoms with Gasteiger partial charge in [0.1, 0.15) is 5.75 Å². The fourth-order valence-corrected chi connectivity index (χ4v) is 3.35. The van der Waals surface area contributed by atoms with Crippen LogP contribution >= 0.6 is 0 Å². The number of hydrogen-bond donors (Lipinski definition) is 0. The molecule has 28 heteroatoms. The Labute approximate surface area is 270 Å². The average Bonchev–Trinajstić information content (AvgIpc) is 2.97. The Morgan fingerprint density at radius 3 is 1.15 bits per heavy atom. The number of carbonyl (C=O) groups is 1. The highest BCUT2D eigenvalue weighted by molar-refractivity contribution is 5.87. The highest BCUT2D eigenvalue weighted by atomic mass is 19.4. The van der Waals surface area contributed by atoms with Crippen LogP contribution in [0.4, 0.5) is 110 Å². The largest absolute Gasteiger partial charge is 0.497 e. The molecule has 0 heterocycles. The number of carbonyl (C=O) groups excluding carboxylic acids is 1. The molecule has 0 saturated heterocycles. The second-order valence-corrected chi connectivity index (χ2v) is 10.0. The second kappa shape index (κ2) is 13.4. The van der Waals surface area contributed by atoms with Crippen LogP contribution in [-0.2, 0) is 9.53 Å². The molecule has 1 aromatic carbocycles. The number of methoxy groups -OCH3 is 1. The number of halogens is 25. The number of hydrogen-bond acceptors (Lipinski definition) is 3. The van der Waals surface area contributed by atoms with Gasteiger partial charge in [-0.05, 0) is 23.8 Å². The van der Waals surface area contributed by atoms with Crippen molar-refractivity contribution in [2.45, 2.75) is 84.4 Å². The van der Waals surface area contributed by atoms with Gasteiger partial charge in [-0.2, -0.15) is 110 Å². The maximum atomic E-state index is 14.0. The minimum atomic E-state index is -9.58. The predicted molar refractivity (Wildman–Crippen MR) is 118 cm³/mol. The van der Waals surface area contributed by atoms with E-state index in [9.17, 15) is 115 Å². The first-order valence-corrected chi connectivity index (χ1v) is 12.4. The number of benzene rings is 1. The van der Waals surface area contributed by atoms with Crippen molar-refractivity contribution in [3.05, 3.63) is 35.9 Å². The Morgan fingerprint density at radius 2 is 0.827 bits per heavy atom. The topological polar surface area (TPSA) is 35.5 Å². The molecule has 1 aromatic rings. The van der Waals surface area contributed by atoms with Crippen LogP contribution in [0.3, 0.4) is 0 Å². The minimum Gasteiger partial charge on any atom is -0.497 e. The molecule has 0 aromatic heterocycles. The van der Waals surface area contributed by atoms with Gasteiger partial charge in [0.25, 0.3) is 0 Å². The molecule has 0 atom stereocenters. The maximum absolute atomic E-state index is 14.0. The molecule has 0 aliphatic rings. The number of ether oxygens (including phenoxy) is 2. The van der Waals surface area contributed by atoms with Crippen molar-refractivity contribution in [2.75, 3.05) is 7.11 Å². The van der Waals surface area contributed by atoms with Gasteiger partial charge < -0.3 is 9.47 Å². The van der Waals surface area contributed by atoms with E-state index in [0.29, 0.717) is 6.08 Å². The summed E-state index contributed by atoms with van der Waals surface area (Å²) in [6, 6.07) is 4.02. The highest BCUT2D eigenvalue weighted by Gasteiger charge is 2.99. The fraction of sp³-hybridized carbons (Fsp3) is 0.625. The van der Waals surface area contributed by atoms with Crippen LogP contribution in [0.25, 0.3) is 6.08 Å². The van der Waals surface area contributed by atoms with Gasteiger partial charge in [0.2, 0.25) is 0 Å². The normalized spacial score (nSPS) is 15.7. The first kappa shape index (κ1) is 46.5. The van der Waals surface area contributed by atoms with Gasteiger partial charge in [-0.25, -0.2) is 4.79 Å². The minimum absolute atomic E-state index is 0.0750. The summed E-state index contributed by atoms with van der Waals surface area (Å²) in [5, 5.41) is 0. The van der Waals surface area contributed by atoms with Crippen molar-refractivity contribution in [3.63, 3.8) is 0 Å². The van der Waals surface area contributed by atoms with Gasteiger partial charge in [0.15, 0.2) is 0 Å². The smallest absolute Gasteiger partial charge is 0.473 e. The summed E-state index contributed by atoms with van der Waals surface area (Å²) < 4.78 is 348. The molecular weight excluding hydrogens is 811 g/mol. The Kier molecular flexibility index (Phi) is 12.0. The number of alkyl halides is 25. The summed E-state index contributed by atoms with van der Waals surface area (Å²) in [6.07, 6.45) is -20.9. The van der Waals surface area contributed by atoms with Crippen LogP contribution in [0.1, 0.15) is 18.4 Å². The molecule has 1 rings (SSSR count). The summed E-state index contributed by atoms with van der Waals surface area (Å²) in [5.41, 5.74) is -0.280. The molecule has 302 valence electrons. The van der Waals surface area contributed by atoms with Crippen molar-refractivity contribution >= 4 is 12.0 Å². The summed E-state index contributed by atoms with van der Waals surface area (Å²) >= 11 is 0. The standard InChI is InChI=1S/C24H13F25O3/c1-51-11-5-2-10(3-6-11)4-7-12(50)52-24(48,49)23(46,47)22(44,45)21(42,43)20(40,41)19(38,39)18(36,37)17(34,35)16(32,33)15(30,31)13(25,26)8-9-14(27,28)29/h2-7H,8-9H2,1H3. The molecule has 0 spiro atoms. The third-order valence-electron chi connectivity index (χ3n) is 6.46. The molecule has 0 aliphatic heterocycles. The van der Waals surface area contributed by atoms with Gasteiger partial charge in [0, 0.05) is 18.9 Å². The van der Waals surface area contributed by atoms with E-state index in [0.717, 1.165) is 31.4 Å². The van der Waals surface area contributed by atoms with E-state index >= 15 is 0 Å². The molecular formula is C24H13F25O3. The van der Waals surface area contributed by atoms with Gasteiger partial charge in [-0.15, -0.1) is 0 Å². The molecule has 52 heavy (non-hydrogen) atoms. The van der Waals surface area contributed by atoms with Crippen molar-refractivity contribution in [1.82, 2.24) is 0 Å². The Morgan fingerprint density at radius 1 is 0.500 bits per heavy atom. The lowest BCUT2D eigenvalue weighted by molar-refractivity contribution is -0.482. The Balaban J connectivity index is 3.65. The van der Waals surface area contributed by atoms with Crippen LogP contribution in [0.15, 0.2) is 30.3 Å². The van der Waals surface area contributed by atoms with E-state index in [1.54, 1.807) is 0 Å². The van der Waals surface area contributed by atoms with E-state index in [1.165, 1.54) is 0 Å². The van der Waals surface area contributed by atoms with Crippen LogP contribution in [-0.4, -0.2) is 84.6 Å². The number of esters is 1. The van der Waals surface area contributed by atoms with Crippen LogP contribution in [0.2, 0.25) is 0 Å². The third-order valence-corrected chi connectivity index (χ3v) is 6.46. The summed E-state index contributed by atoms with van der Waals surface area (Å²) in [4.78, 5) is 11.4. The Hall–Kier alpha value is -3.52. The van der Waals surface area contributed by atoms with Crippen LogP contribution < -0.4 is 4.74 Å². The lowest BCUT2D eigenvalue weighted by Gasteiger charge is -2.45. The molecule has 0 bridgehead atoms. The first-order chi connectivity index (χ1) is 22.6. The number of rotatable bonds is 16. The van der Waals surface area contributed by atoms with E-state index in [2.05, 4.69) is 9.47 Å². The zero-order chi connectivity index (χ0) is 41.8. The van der Waals surface area contributed by atoms with Crippen molar-refractivity contribution in [2.24, 2.45) is 0 Å². The summed E-state index contributed by atoms with van der Waals surface area (Å²) in [6.45, 7) is 0. The van der Waals surface area contributed by atoms with E-state index in [4.69, 9.17) is 0 Å². The van der Waals surface area contributed by atoms with Crippen molar-refractivity contribution in [3.8, 4) is 5.75 Å². The molecule has 0 saturated carbocycles. The van der Waals surface area contributed by atoms with Gasteiger partial charge in [0.05, 0.1) is 7.11 Å². The van der Waals surface area contributed by atoms with Gasteiger partial charge in [-0.3, -0.25) is 0 Å². The third kappa shape index (κ3) is 7.21. The monoisotopic (exact) mass is 824 g/mol. The molecule has 0 radical (unpaired) electrons. The SMILES string of the molecule is COc1ccc(C=CC(=O)OC(F)(F)C(F)(F)C(F)(F)C(F)(F)C(F)(F)C(F)(F)C(F)(F)C(F)(F)C(F)(F)C(F)(F)C(F)(F)CCC(F)(F)F)cc1. The molecule has 0 amide bonds. The summed E-state index contributed by atoms with van der Waals surface area (Å²) in [7, 11) is 1.11.